The molecule has 0 radical (unpaired) electrons. The summed E-state index contributed by atoms with van der Waals surface area (Å²) < 4.78 is 5.59. The first-order valence-corrected chi connectivity index (χ1v) is 7.94. The van der Waals surface area contributed by atoms with E-state index in [2.05, 4.69) is 5.32 Å². The van der Waals surface area contributed by atoms with Gasteiger partial charge in [0.2, 0.25) is 11.8 Å². The van der Waals surface area contributed by atoms with Crippen molar-refractivity contribution in [3.63, 3.8) is 0 Å². The van der Waals surface area contributed by atoms with Crippen molar-refractivity contribution in [2.45, 2.75) is 57.1 Å². The van der Waals surface area contributed by atoms with E-state index in [9.17, 15) is 9.59 Å². The highest BCUT2D eigenvalue weighted by molar-refractivity contribution is 5.95. The third-order valence-electron chi connectivity index (χ3n) is 4.80. The second-order valence-corrected chi connectivity index (χ2v) is 6.30. The van der Waals surface area contributed by atoms with E-state index >= 15 is 0 Å². The molecule has 3 aliphatic rings. The topological polar surface area (TPSA) is 58.6 Å². The number of nitrogens with one attached hydrogen (secondary N) is 1. The van der Waals surface area contributed by atoms with E-state index < -0.39 is 0 Å². The van der Waals surface area contributed by atoms with E-state index in [1.54, 1.807) is 4.90 Å². The molecular formula is C15H24N2O3. The molecule has 1 aliphatic carbocycles. The molecule has 0 aromatic carbocycles. The van der Waals surface area contributed by atoms with E-state index in [1.807, 2.05) is 0 Å². The normalized spacial score (nSPS) is 32.5. The number of piperazine rings is 1. The molecule has 2 saturated heterocycles. The van der Waals surface area contributed by atoms with Crippen molar-refractivity contribution < 1.29 is 14.3 Å². The van der Waals surface area contributed by atoms with Gasteiger partial charge in [-0.25, -0.2) is 0 Å². The molecular weight excluding hydrogens is 256 g/mol. The Balaban J connectivity index is 1.64. The lowest BCUT2D eigenvalue weighted by molar-refractivity contribution is -0.147. The molecule has 3 rings (SSSR count). The van der Waals surface area contributed by atoms with Crippen LogP contribution in [0.5, 0.6) is 0 Å². The average molecular weight is 280 g/mol. The summed E-state index contributed by atoms with van der Waals surface area (Å²) in [7, 11) is 0. The molecule has 1 saturated carbocycles. The Bertz CT molecular complexity index is 373. The monoisotopic (exact) mass is 280 g/mol. The van der Waals surface area contributed by atoms with Crippen molar-refractivity contribution in [3.05, 3.63) is 0 Å². The highest BCUT2D eigenvalue weighted by Gasteiger charge is 2.39. The zero-order valence-corrected chi connectivity index (χ0v) is 12.0. The predicted molar refractivity (Wildman–Crippen MR) is 74.1 cm³/mol. The van der Waals surface area contributed by atoms with Crippen molar-refractivity contribution in [2.24, 2.45) is 5.92 Å². The van der Waals surface area contributed by atoms with Crippen LogP contribution in [0.1, 0.15) is 44.9 Å². The van der Waals surface area contributed by atoms with Crippen LogP contribution in [0.4, 0.5) is 0 Å². The van der Waals surface area contributed by atoms with E-state index in [0.29, 0.717) is 12.5 Å². The predicted octanol–water partition coefficient (Wildman–Crippen LogP) is 1.07. The molecule has 2 aliphatic heterocycles. The summed E-state index contributed by atoms with van der Waals surface area (Å²) in [6.45, 7) is 1.56. The molecule has 1 N–H and O–H groups in total. The van der Waals surface area contributed by atoms with Crippen LogP contribution < -0.4 is 5.32 Å². The number of hydrogen-bond acceptors (Lipinski definition) is 3. The van der Waals surface area contributed by atoms with Crippen LogP contribution in [0.15, 0.2) is 0 Å². The van der Waals surface area contributed by atoms with Crippen LogP contribution in [0.2, 0.25) is 0 Å². The highest BCUT2D eigenvalue weighted by Crippen LogP contribution is 2.28. The maximum absolute atomic E-state index is 12.6. The summed E-state index contributed by atoms with van der Waals surface area (Å²) in [4.78, 5) is 26.2. The summed E-state index contributed by atoms with van der Waals surface area (Å²) >= 11 is 0. The maximum Gasteiger partial charge on any atom is 0.245 e. The van der Waals surface area contributed by atoms with Crippen molar-refractivity contribution in [3.8, 4) is 0 Å². The Morgan fingerprint density at radius 2 is 1.90 bits per heavy atom. The molecule has 2 heterocycles. The molecule has 0 aromatic heterocycles. The molecule has 0 spiro atoms. The van der Waals surface area contributed by atoms with E-state index in [4.69, 9.17) is 4.74 Å². The summed E-state index contributed by atoms with van der Waals surface area (Å²) in [6.07, 6.45) is 7.91. The second-order valence-electron chi connectivity index (χ2n) is 6.30. The third kappa shape index (κ3) is 2.97. The van der Waals surface area contributed by atoms with Crippen LogP contribution >= 0.6 is 0 Å². The first-order valence-electron chi connectivity index (χ1n) is 7.94. The zero-order chi connectivity index (χ0) is 13.9. The molecule has 2 atom stereocenters. The van der Waals surface area contributed by atoms with Gasteiger partial charge in [0.15, 0.2) is 0 Å². The lowest BCUT2D eigenvalue weighted by Crippen LogP contribution is -2.61. The van der Waals surface area contributed by atoms with Crippen LogP contribution in [-0.4, -0.2) is 48.6 Å². The van der Waals surface area contributed by atoms with Gasteiger partial charge in [0.25, 0.3) is 0 Å². The summed E-state index contributed by atoms with van der Waals surface area (Å²) in [5, 5.41) is 2.92. The van der Waals surface area contributed by atoms with Crippen molar-refractivity contribution in [1.29, 1.82) is 0 Å². The molecule has 0 bridgehead atoms. The molecule has 5 heteroatoms. The molecule has 3 fully saturated rings. The Morgan fingerprint density at radius 1 is 1.10 bits per heavy atom. The lowest BCUT2D eigenvalue weighted by Gasteiger charge is -2.38. The van der Waals surface area contributed by atoms with Gasteiger partial charge >= 0.3 is 0 Å². The van der Waals surface area contributed by atoms with Crippen LogP contribution in [0, 0.1) is 5.92 Å². The SMILES string of the molecule is O=C1CN(CC2CCCO2)C(=O)C(C2CCCCC2)N1. The van der Waals surface area contributed by atoms with Gasteiger partial charge in [-0.15, -0.1) is 0 Å². The minimum absolute atomic E-state index is 0.0156. The van der Waals surface area contributed by atoms with Gasteiger partial charge in [-0.3, -0.25) is 9.59 Å². The standard InChI is InChI=1S/C15H24N2O3/c18-13-10-17(9-12-7-4-8-20-12)15(19)14(16-13)11-5-2-1-3-6-11/h11-12,14H,1-10H2,(H,16,18). The largest absolute Gasteiger partial charge is 0.376 e. The smallest absolute Gasteiger partial charge is 0.245 e. The Hall–Kier alpha value is -1.10. The summed E-state index contributed by atoms with van der Waals surface area (Å²) in [5.41, 5.74) is 0. The van der Waals surface area contributed by atoms with Crippen LogP contribution in [0.3, 0.4) is 0 Å². The Morgan fingerprint density at radius 3 is 2.60 bits per heavy atom. The number of ether oxygens (including phenoxy) is 1. The van der Waals surface area contributed by atoms with Crippen molar-refractivity contribution in [2.75, 3.05) is 19.7 Å². The number of amides is 2. The minimum Gasteiger partial charge on any atom is -0.376 e. The molecule has 5 nitrogen and oxygen atoms in total. The van der Waals surface area contributed by atoms with Gasteiger partial charge in [-0.2, -0.15) is 0 Å². The fourth-order valence-electron chi connectivity index (χ4n) is 3.70. The Labute approximate surface area is 120 Å². The first kappa shape index (κ1) is 13.9. The number of carbonyl (C=O) groups excluding carboxylic acids is 2. The van der Waals surface area contributed by atoms with Gasteiger partial charge in [0.05, 0.1) is 12.6 Å². The van der Waals surface area contributed by atoms with Gasteiger partial charge in [0, 0.05) is 13.2 Å². The molecule has 20 heavy (non-hydrogen) atoms. The Kier molecular flexibility index (Phi) is 4.24. The fourth-order valence-corrected chi connectivity index (χ4v) is 3.70. The number of hydrogen-bond donors (Lipinski definition) is 1. The summed E-state index contributed by atoms with van der Waals surface area (Å²) in [6, 6.07) is -0.294. The second kappa shape index (κ2) is 6.12. The zero-order valence-electron chi connectivity index (χ0n) is 12.0. The van der Waals surface area contributed by atoms with Crippen molar-refractivity contribution in [1.82, 2.24) is 10.2 Å². The van der Waals surface area contributed by atoms with E-state index in [0.717, 1.165) is 32.3 Å². The van der Waals surface area contributed by atoms with Gasteiger partial charge in [0.1, 0.15) is 6.04 Å². The number of nitrogens with zero attached hydrogens (tertiary/aromatic N) is 1. The molecule has 2 unspecified atom stereocenters. The summed E-state index contributed by atoms with van der Waals surface area (Å²) in [5.74, 6) is 0.415. The average Bonchev–Trinajstić information content (AvgIpc) is 2.96. The molecule has 112 valence electrons. The van der Waals surface area contributed by atoms with Gasteiger partial charge in [-0.05, 0) is 31.6 Å². The third-order valence-corrected chi connectivity index (χ3v) is 4.80. The van der Waals surface area contributed by atoms with Crippen molar-refractivity contribution >= 4 is 11.8 Å². The molecule has 0 aromatic rings. The number of rotatable bonds is 3. The number of carbonyl (C=O) groups is 2. The van der Waals surface area contributed by atoms with Gasteiger partial charge < -0.3 is 15.0 Å². The van der Waals surface area contributed by atoms with Crippen LogP contribution in [0.25, 0.3) is 0 Å². The first-order chi connectivity index (χ1) is 9.74. The minimum atomic E-state index is -0.294. The molecule has 2 amide bonds. The van der Waals surface area contributed by atoms with Gasteiger partial charge in [-0.1, -0.05) is 19.3 Å². The maximum atomic E-state index is 12.6. The lowest BCUT2D eigenvalue weighted by atomic mass is 9.82. The highest BCUT2D eigenvalue weighted by atomic mass is 16.5. The fraction of sp³-hybridized carbons (Fsp3) is 0.867. The van der Waals surface area contributed by atoms with E-state index in [1.165, 1.54) is 19.3 Å². The van der Waals surface area contributed by atoms with E-state index in [-0.39, 0.29) is 30.5 Å². The van der Waals surface area contributed by atoms with Crippen LogP contribution in [-0.2, 0) is 14.3 Å². The quantitative estimate of drug-likeness (QED) is 0.841.